The maximum Gasteiger partial charge on any atom is 0.153 e. The Morgan fingerprint density at radius 1 is 1.28 bits per heavy atom. The van der Waals surface area contributed by atoms with Gasteiger partial charge in [0.2, 0.25) is 0 Å². The van der Waals surface area contributed by atoms with E-state index in [9.17, 15) is 0 Å². The highest BCUT2D eigenvalue weighted by molar-refractivity contribution is 5.98. The first-order valence-corrected chi connectivity index (χ1v) is 5.10. The van der Waals surface area contributed by atoms with Gasteiger partial charge in [-0.2, -0.15) is 0 Å². The zero-order valence-corrected chi connectivity index (χ0v) is 9.71. The van der Waals surface area contributed by atoms with Gasteiger partial charge in [0.1, 0.15) is 24.8 Å². The number of aliphatic hydroxyl groups is 1. The summed E-state index contributed by atoms with van der Waals surface area (Å²) in [5.41, 5.74) is 11.6. The molecule has 5 N–H and O–H groups in total. The summed E-state index contributed by atoms with van der Waals surface area (Å²) in [7, 11) is 0. The van der Waals surface area contributed by atoms with Gasteiger partial charge in [0.25, 0.3) is 0 Å². The Bertz CT molecular complexity index is 486. The largest absolute Gasteiger partial charge is 0.481 e. The zero-order valence-electron chi connectivity index (χ0n) is 9.71. The number of aliphatic hydroxyl groups excluding tert-OH is 1. The minimum absolute atomic E-state index is 0.00748. The van der Waals surface area contributed by atoms with E-state index in [2.05, 4.69) is 16.1 Å². The Morgan fingerprint density at radius 2 is 1.94 bits per heavy atom. The van der Waals surface area contributed by atoms with Gasteiger partial charge < -0.3 is 21.3 Å². The average molecular weight is 246 g/mol. The summed E-state index contributed by atoms with van der Waals surface area (Å²) < 4.78 is 5.21. The SMILES string of the molecule is C#CCOc1ccc(/C(N)=N/N=C(\N)CO)cc1. The van der Waals surface area contributed by atoms with Crippen LogP contribution in [-0.4, -0.2) is 30.0 Å². The number of terminal acetylenes is 1. The summed E-state index contributed by atoms with van der Waals surface area (Å²) >= 11 is 0. The van der Waals surface area contributed by atoms with Gasteiger partial charge in [0.05, 0.1) is 0 Å². The number of benzene rings is 1. The van der Waals surface area contributed by atoms with E-state index in [1.165, 1.54) is 0 Å². The molecule has 0 aliphatic rings. The molecule has 0 atom stereocenters. The minimum atomic E-state index is -0.365. The van der Waals surface area contributed by atoms with E-state index >= 15 is 0 Å². The number of ether oxygens (including phenoxy) is 1. The zero-order chi connectivity index (χ0) is 13.4. The van der Waals surface area contributed by atoms with E-state index in [1.54, 1.807) is 24.3 Å². The molecule has 1 aromatic carbocycles. The average Bonchev–Trinajstić information content (AvgIpc) is 2.42. The van der Waals surface area contributed by atoms with Crippen molar-refractivity contribution < 1.29 is 9.84 Å². The fourth-order valence-electron chi connectivity index (χ4n) is 1.05. The summed E-state index contributed by atoms with van der Waals surface area (Å²) in [5.74, 6) is 3.19. The molecule has 6 heteroatoms. The normalized spacial score (nSPS) is 12.0. The molecule has 0 amide bonds. The Labute approximate surface area is 105 Å². The van der Waals surface area contributed by atoms with Crippen LogP contribution in [0.1, 0.15) is 5.56 Å². The summed E-state index contributed by atoms with van der Waals surface area (Å²) in [5, 5.41) is 15.9. The van der Waals surface area contributed by atoms with E-state index in [-0.39, 0.29) is 24.9 Å². The van der Waals surface area contributed by atoms with Crippen LogP contribution in [-0.2, 0) is 0 Å². The van der Waals surface area contributed by atoms with Gasteiger partial charge in [-0.15, -0.1) is 16.6 Å². The summed E-state index contributed by atoms with van der Waals surface area (Å²) in [6.07, 6.45) is 5.07. The van der Waals surface area contributed by atoms with Crippen molar-refractivity contribution in [3.05, 3.63) is 29.8 Å². The van der Waals surface area contributed by atoms with Gasteiger partial charge >= 0.3 is 0 Å². The molecule has 0 aromatic heterocycles. The molecule has 1 aromatic rings. The lowest BCUT2D eigenvalue weighted by Gasteiger charge is -2.03. The van der Waals surface area contributed by atoms with Gasteiger partial charge in [0, 0.05) is 5.56 Å². The topological polar surface area (TPSA) is 106 Å². The van der Waals surface area contributed by atoms with Gasteiger partial charge in [-0.05, 0) is 24.3 Å². The molecule has 0 saturated carbocycles. The fourth-order valence-corrected chi connectivity index (χ4v) is 1.05. The first kappa shape index (κ1) is 13.5. The third kappa shape index (κ3) is 4.15. The van der Waals surface area contributed by atoms with Crippen LogP contribution in [0.15, 0.2) is 34.5 Å². The smallest absolute Gasteiger partial charge is 0.153 e. The molecule has 0 saturated heterocycles. The summed E-state index contributed by atoms with van der Waals surface area (Å²) in [6.45, 7) is -0.157. The number of hydrogen-bond acceptors (Lipinski definition) is 4. The molecular formula is C12H14N4O2. The van der Waals surface area contributed by atoms with Crippen molar-refractivity contribution in [3.8, 4) is 18.1 Å². The number of hydrogen-bond donors (Lipinski definition) is 3. The second kappa shape index (κ2) is 6.93. The van der Waals surface area contributed by atoms with Crippen LogP contribution in [0.25, 0.3) is 0 Å². The van der Waals surface area contributed by atoms with E-state index in [0.717, 1.165) is 0 Å². The maximum absolute atomic E-state index is 8.64. The van der Waals surface area contributed by atoms with E-state index < -0.39 is 0 Å². The van der Waals surface area contributed by atoms with E-state index in [0.29, 0.717) is 11.3 Å². The summed E-state index contributed by atoms with van der Waals surface area (Å²) in [4.78, 5) is 0. The van der Waals surface area contributed by atoms with Crippen LogP contribution in [0.2, 0.25) is 0 Å². The van der Waals surface area contributed by atoms with Gasteiger partial charge in [-0.3, -0.25) is 0 Å². The third-order valence-electron chi connectivity index (χ3n) is 1.92. The standard InChI is InChI=1S/C12H14N4O2/c1-2-7-18-10-5-3-9(4-6-10)12(14)16-15-11(13)8-17/h1,3-6,17H,7-8H2,(H2,13,15)(H2,14,16). The van der Waals surface area contributed by atoms with Crippen molar-refractivity contribution in [1.82, 2.24) is 0 Å². The molecular weight excluding hydrogens is 232 g/mol. The van der Waals surface area contributed by atoms with Crippen LogP contribution >= 0.6 is 0 Å². The van der Waals surface area contributed by atoms with Gasteiger partial charge in [-0.1, -0.05) is 5.92 Å². The maximum atomic E-state index is 8.64. The molecule has 0 fully saturated rings. The highest BCUT2D eigenvalue weighted by atomic mass is 16.5. The van der Waals surface area contributed by atoms with Crippen molar-refractivity contribution in [1.29, 1.82) is 0 Å². The highest BCUT2D eigenvalue weighted by Gasteiger charge is 1.99. The number of nitrogens with zero attached hydrogens (tertiary/aromatic N) is 2. The van der Waals surface area contributed by atoms with E-state index in [4.69, 9.17) is 27.7 Å². The molecule has 0 aliphatic carbocycles. The Hall–Kier alpha value is -2.52. The van der Waals surface area contributed by atoms with Crippen LogP contribution in [0, 0.1) is 12.3 Å². The molecule has 1 rings (SSSR count). The molecule has 6 nitrogen and oxygen atoms in total. The molecule has 0 bridgehead atoms. The Morgan fingerprint density at radius 3 is 2.50 bits per heavy atom. The van der Waals surface area contributed by atoms with Crippen LogP contribution < -0.4 is 16.2 Å². The Balaban J connectivity index is 2.76. The Kier molecular flexibility index (Phi) is 5.22. The molecule has 0 heterocycles. The van der Waals surface area contributed by atoms with Crippen molar-refractivity contribution in [2.24, 2.45) is 21.7 Å². The van der Waals surface area contributed by atoms with Crippen LogP contribution in [0.5, 0.6) is 5.75 Å². The lowest BCUT2D eigenvalue weighted by molar-refractivity contribution is 0.356. The fraction of sp³-hybridized carbons (Fsp3) is 0.167. The van der Waals surface area contributed by atoms with Crippen molar-refractivity contribution >= 4 is 11.7 Å². The minimum Gasteiger partial charge on any atom is -0.481 e. The molecule has 18 heavy (non-hydrogen) atoms. The van der Waals surface area contributed by atoms with Gasteiger partial charge in [0.15, 0.2) is 5.84 Å². The quantitative estimate of drug-likeness (QED) is 0.286. The van der Waals surface area contributed by atoms with Crippen molar-refractivity contribution in [2.45, 2.75) is 0 Å². The molecule has 0 spiro atoms. The predicted molar refractivity (Wildman–Crippen MR) is 70.2 cm³/mol. The van der Waals surface area contributed by atoms with Crippen LogP contribution in [0.4, 0.5) is 0 Å². The predicted octanol–water partition coefficient (Wildman–Crippen LogP) is -0.332. The second-order valence-electron chi connectivity index (χ2n) is 3.25. The first-order valence-electron chi connectivity index (χ1n) is 5.10. The third-order valence-corrected chi connectivity index (χ3v) is 1.92. The molecule has 0 aliphatic heterocycles. The van der Waals surface area contributed by atoms with Crippen molar-refractivity contribution in [3.63, 3.8) is 0 Å². The monoisotopic (exact) mass is 246 g/mol. The van der Waals surface area contributed by atoms with Crippen molar-refractivity contribution in [2.75, 3.05) is 13.2 Å². The van der Waals surface area contributed by atoms with E-state index in [1.807, 2.05) is 0 Å². The number of amidine groups is 2. The van der Waals surface area contributed by atoms with Gasteiger partial charge in [-0.25, -0.2) is 0 Å². The summed E-state index contributed by atoms with van der Waals surface area (Å²) in [6, 6.07) is 6.87. The highest BCUT2D eigenvalue weighted by Crippen LogP contribution is 2.11. The number of nitrogens with two attached hydrogens (primary N) is 2. The lowest BCUT2D eigenvalue weighted by Crippen LogP contribution is -2.17. The molecule has 94 valence electrons. The lowest BCUT2D eigenvalue weighted by atomic mass is 10.2. The van der Waals surface area contributed by atoms with Crippen LogP contribution in [0.3, 0.4) is 0 Å². The second-order valence-corrected chi connectivity index (χ2v) is 3.25. The molecule has 0 unspecified atom stereocenters. The number of rotatable bonds is 5. The molecule has 0 radical (unpaired) electrons. The first-order chi connectivity index (χ1) is 8.67.